The number of nitriles is 1. The predicted molar refractivity (Wildman–Crippen MR) is 79.0 cm³/mol. The lowest BCUT2D eigenvalue weighted by Gasteiger charge is -2.36. The van der Waals surface area contributed by atoms with Gasteiger partial charge in [-0.15, -0.1) is 0 Å². The Labute approximate surface area is 126 Å². The van der Waals surface area contributed by atoms with Gasteiger partial charge in [-0.05, 0) is 12.1 Å². The van der Waals surface area contributed by atoms with Crippen molar-refractivity contribution >= 4 is 27.3 Å². The van der Waals surface area contributed by atoms with Crippen LogP contribution >= 0.6 is 11.8 Å². The van der Waals surface area contributed by atoms with E-state index in [1.807, 2.05) is 0 Å². The first-order valence-electron chi connectivity index (χ1n) is 6.35. The van der Waals surface area contributed by atoms with Crippen molar-refractivity contribution in [3.8, 4) is 6.07 Å². The van der Waals surface area contributed by atoms with Crippen LogP contribution in [0.4, 0.5) is 14.5 Å². The van der Waals surface area contributed by atoms with E-state index >= 15 is 0 Å². The van der Waals surface area contributed by atoms with Crippen molar-refractivity contribution in [3.63, 3.8) is 0 Å². The van der Waals surface area contributed by atoms with Crippen LogP contribution in [0.2, 0.25) is 0 Å². The fourth-order valence-electron chi connectivity index (χ4n) is 2.23. The average molecular weight is 332 g/mol. The number of hydrogen-bond acceptors (Lipinski definition) is 5. The lowest BCUT2D eigenvalue weighted by Crippen LogP contribution is -2.48. The summed E-state index contributed by atoms with van der Waals surface area (Å²) < 4.78 is 52.5. The molecule has 0 bridgehead atoms. The van der Waals surface area contributed by atoms with Gasteiger partial charge < -0.3 is 4.90 Å². The molecule has 0 saturated carbocycles. The molecule has 0 spiro atoms. The number of halogens is 2. The first kappa shape index (κ1) is 16.0. The number of sulfone groups is 1. The molecule has 0 aromatic heterocycles. The lowest BCUT2D eigenvalue weighted by molar-refractivity contribution is 0.555. The van der Waals surface area contributed by atoms with E-state index in [-0.39, 0.29) is 29.3 Å². The highest BCUT2D eigenvalue weighted by Crippen LogP contribution is 2.32. The minimum atomic E-state index is -3.46. The van der Waals surface area contributed by atoms with E-state index < -0.39 is 26.8 Å². The fourth-order valence-corrected chi connectivity index (χ4v) is 5.21. The van der Waals surface area contributed by atoms with Gasteiger partial charge in [-0.2, -0.15) is 17.0 Å². The summed E-state index contributed by atoms with van der Waals surface area (Å²) in [7, 11) is -3.46. The monoisotopic (exact) mass is 332 g/mol. The van der Waals surface area contributed by atoms with E-state index in [4.69, 9.17) is 5.26 Å². The van der Waals surface area contributed by atoms with E-state index in [1.54, 1.807) is 6.07 Å². The molecule has 1 saturated heterocycles. The number of rotatable bonds is 3. The molecule has 1 aromatic rings. The first-order chi connectivity index (χ1) is 9.90. The van der Waals surface area contributed by atoms with Gasteiger partial charge in [0, 0.05) is 23.8 Å². The van der Waals surface area contributed by atoms with Crippen molar-refractivity contribution in [2.24, 2.45) is 0 Å². The van der Waals surface area contributed by atoms with Crippen molar-refractivity contribution < 1.29 is 17.2 Å². The van der Waals surface area contributed by atoms with Crippen molar-refractivity contribution in [1.29, 1.82) is 5.26 Å². The third-order valence-electron chi connectivity index (χ3n) is 3.33. The van der Waals surface area contributed by atoms with E-state index in [1.165, 1.54) is 23.6 Å². The zero-order valence-corrected chi connectivity index (χ0v) is 13.0. The van der Waals surface area contributed by atoms with Gasteiger partial charge in [0.05, 0.1) is 11.6 Å². The second-order valence-corrected chi connectivity index (χ2v) is 8.17. The molecule has 4 nitrogen and oxygen atoms in total. The summed E-state index contributed by atoms with van der Waals surface area (Å²) >= 11 is 1.44. The summed E-state index contributed by atoms with van der Waals surface area (Å²) in [5, 5.41) is 7.76. The minimum Gasteiger partial charge on any atom is -0.349 e. The standard InChI is InChI=1S/C13H14F2N2O2S2/c1-2-21(18,19)12-8-20-4-3-17(12)13-10(14)5-9(7-16)6-11(13)15/h5-6,12H,2-4,8H2,1H3. The molecule has 2 rings (SSSR count). The topological polar surface area (TPSA) is 61.2 Å². The van der Waals surface area contributed by atoms with Crippen LogP contribution in [-0.4, -0.2) is 37.6 Å². The van der Waals surface area contributed by atoms with E-state index in [0.717, 1.165) is 12.1 Å². The highest BCUT2D eigenvalue weighted by molar-refractivity contribution is 8.01. The zero-order valence-electron chi connectivity index (χ0n) is 11.3. The fraction of sp³-hybridized carbons (Fsp3) is 0.462. The van der Waals surface area contributed by atoms with Gasteiger partial charge in [-0.25, -0.2) is 17.2 Å². The van der Waals surface area contributed by atoms with Gasteiger partial charge in [-0.1, -0.05) is 6.92 Å². The van der Waals surface area contributed by atoms with Crippen LogP contribution < -0.4 is 4.90 Å². The first-order valence-corrected chi connectivity index (χ1v) is 9.22. The minimum absolute atomic E-state index is 0.0890. The van der Waals surface area contributed by atoms with Gasteiger partial charge in [0.15, 0.2) is 21.5 Å². The maximum Gasteiger partial charge on any atom is 0.171 e. The van der Waals surface area contributed by atoms with Gasteiger partial charge in [0.25, 0.3) is 0 Å². The lowest BCUT2D eigenvalue weighted by atomic mass is 10.2. The molecular weight excluding hydrogens is 318 g/mol. The largest absolute Gasteiger partial charge is 0.349 e. The Hall–Kier alpha value is -1.33. The number of anilines is 1. The maximum atomic E-state index is 14.1. The van der Waals surface area contributed by atoms with Gasteiger partial charge >= 0.3 is 0 Å². The van der Waals surface area contributed by atoms with Gasteiger partial charge in [0.2, 0.25) is 0 Å². The molecular formula is C13H14F2N2O2S2. The molecule has 1 fully saturated rings. The van der Waals surface area contributed by atoms with Crippen LogP contribution in [0.3, 0.4) is 0 Å². The van der Waals surface area contributed by atoms with Crippen LogP contribution in [0.15, 0.2) is 12.1 Å². The molecule has 0 amide bonds. The Morgan fingerprint density at radius 2 is 2.05 bits per heavy atom. The third kappa shape index (κ3) is 3.14. The van der Waals surface area contributed by atoms with Crippen molar-refractivity contribution in [2.45, 2.75) is 12.3 Å². The Kier molecular flexibility index (Phi) is 4.74. The average Bonchev–Trinajstić information content (AvgIpc) is 2.46. The smallest absolute Gasteiger partial charge is 0.171 e. The molecule has 114 valence electrons. The summed E-state index contributed by atoms with van der Waals surface area (Å²) in [4.78, 5) is 1.27. The summed E-state index contributed by atoms with van der Waals surface area (Å²) in [6.45, 7) is 1.76. The molecule has 1 heterocycles. The maximum absolute atomic E-state index is 14.1. The molecule has 1 aliphatic heterocycles. The van der Waals surface area contributed by atoms with E-state index in [2.05, 4.69) is 0 Å². The second-order valence-electron chi connectivity index (χ2n) is 4.57. The molecule has 1 atom stereocenters. The number of thioether (sulfide) groups is 1. The molecule has 1 unspecified atom stereocenters. The highest BCUT2D eigenvalue weighted by atomic mass is 32.2. The van der Waals surface area contributed by atoms with Crippen LogP contribution in [-0.2, 0) is 9.84 Å². The number of hydrogen-bond donors (Lipinski definition) is 0. The third-order valence-corrected chi connectivity index (χ3v) is 6.62. The highest BCUT2D eigenvalue weighted by Gasteiger charge is 2.35. The molecule has 1 aliphatic rings. The van der Waals surface area contributed by atoms with Crippen LogP contribution in [0.5, 0.6) is 0 Å². The molecule has 0 N–H and O–H groups in total. The second kappa shape index (κ2) is 6.20. The van der Waals surface area contributed by atoms with E-state index in [0.29, 0.717) is 5.75 Å². The van der Waals surface area contributed by atoms with Crippen molar-refractivity contribution in [1.82, 2.24) is 0 Å². The van der Waals surface area contributed by atoms with E-state index in [9.17, 15) is 17.2 Å². The molecule has 8 heteroatoms. The molecule has 0 radical (unpaired) electrons. The zero-order chi connectivity index (χ0) is 15.6. The molecule has 1 aromatic carbocycles. The Morgan fingerprint density at radius 3 is 2.57 bits per heavy atom. The Bertz CT molecular complexity index is 663. The SMILES string of the molecule is CCS(=O)(=O)C1CSCCN1c1c(F)cc(C#N)cc1F. The van der Waals surface area contributed by atoms with Gasteiger partial charge in [-0.3, -0.25) is 0 Å². The normalized spacial score (nSPS) is 19.3. The quantitative estimate of drug-likeness (QED) is 0.849. The Balaban J connectivity index is 2.51. The van der Waals surface area contributed by atoms with Gasteiger partial charge in [0.1, 0.15) is 11.1 Å². The van der Waals surface area contributed by atoms with Crippen molar-refractivity contribution in [2.75, 3.05) is 28.7 Å². The van der Waals surface area contributed by atoms with Crippen LogP contribution in [0, 0.1) is 23.0 Å². The van der Waals surface area contributed by atoms with Crippen LogP contribution in [0.1, 0.15) is 12.5 Å². The molecule has 21 heavy (non-hydrogen) atoms. The molecule has 0 aliphatic carbocycles. The summed E-state index contributed by atoms with van der Waals surface area (Å²) in [6.07, 6.45) is 0. The van der Waals surface area contributed by atoms with Crippen LogP contribution in [0.25, 0.3) is 0 Å². The predicted octanol–water partition coefficient (Wildman–Crippen LogP) is 2.15. The number of nitrogens with zero attached hydrogens (tertiary/aromatic N) is 2. The summed E-state index contributed by atoms with van der Waals surface area (Å²) in [5.41, 5.74) is -0.494. The Morgan fingerprint density at radius 1 is 1.43 bits per heavy atom. The summed E-state index contributed by atoms with van der Waals surface area (Å²) in [5.74, 6) is -1.04. The van der Waals surface area contributed by atoms with Crippen molar-refractivity contribution in [3.05, 3.63) is 29.3 Å². The summed E-state index contributed by atoms with van der Waals surface area (Å²) in [6, 6.07) is 3.52. The number of benzene rings is 1.